The van der Waals surface area contributed by atoms with Crippen molar-refractivity contribution in [2.45, 2.75) is 0 Å². The number of fused-ring (bicyclic) bond motifs is 7. The third kappa shape index (κ3) is 6.04. The average molecular weight is 789 g/mol. The quantitative estimate of drug-likeness (QED) is 0.156. The van der Waals surface area contributed by atoms with E-state index in [1.807, 2.05) is 0 Å². The Balaban J connectivity index is 1.14. The molecule has 0 aliphatic carbocycles. The van der Waals surface area contributed by atoms with E-state index in [0.29, 0.717) is 0 Å². The molecule has 0 amide bonds. The van der Waals surface area contributed by atoms with Gasteiger partial charge in [-0.3, -0.25) is 0 Å². The second-order valence-electron chi connectivity index (χ2n) is 16.1. The molecular formula is C60H40N2. The molecule has 0 radical (unpaired) electrons. The van der Waals surface area contributed by atoms with E-state index in [1.54, 1.807) is 0 Å². The molecule has 12 rings (SSSR count). The number of rotatable bonds is 7. The van der Waals surface area contributed by atoms with Gasteiger partial charge < -0.3 is 9.47 Å². The van der Waals surface area contributed by atoms with Crippen molar-refractivity contribution >= 4 is 71.2 Å². The molecule has 2 nitrogen and oxygen atoms in total. The lowest BCUT2D eigenvalue weighted by atomic mass is 9.95. The number of hydrogen-bond acceptors (Lipinski definition) is 1. The van der Waals surface area contributed by atoms with Gasteiger partial charge in [0.15, 0.2) is 0 Å². The molecule has 62 heavy (non-hydrogen) atoms. The van der Waals surface area contributed by atoms with Crippen LogP contribution in [-0.4, -0.2) is 4.57 Å². The summed E-state index contributed by atoms with van der Waals surface area (Å²) in [5.74, 6) is 0. The Kier molecular flexibility index (Phi) is 8.53. The van der Waals surface area contributed by atoms with Crippen LogP contribution in [0.15, 0.2) is 243 Å². The van der Waals surface area contributed by atoms with Gasteiger partial charge in [-0.15, -0.1) is 0 Å². The summed E-state index contributed by atoms with van der Waals surface area (Å²) in [7, 11) is 0. The van der Waals surface area contributed by atoms with Gasteiger partial charge in [-0.2, -0.15) is 0 Å². The Hall–Kier alpha value is -8.20. The predicted molar refractivity (Wildman–Crippen MR) is 264 cm³/mol. The van der Waals surface area contributed by atoms with Crippen molar-refractivity contribution in [1.29, 1.82) is 0 Å². The second-order valence-corrected chi connectivity index (χ2v) is 16.1. The lowest BCUT2D eigenvalue weighted by Gasteiger charge is -2.29. The van der Waals surface area contributed by atoms with Gasteiger partial charge >= 0.3 is 0 Å². The molecule has 0 N–H and O–H groups in total. The molecule has 0 saturated heterocycles. The molecule has 0 spiro atoms. The van der Waals surface area contributed by atoms with Gasteiger partial charge in [-0.05, 0) is 103 Å². The van der Waals surface area contributed by atoms with Crippen molar-refractivity contribution < 1.29 is 0 Å². The molecule has 11 aromatic carbocycles. The minimum atomic E-state index is 1.07. The zero-order valence-electron chi connectivity index (χ0n) is 34.0. The van der Waals surface area contributed by atoms with Crippen LogP contribution in [0, 0.1) is 0 Å². The Morgan fingerprint density at radius 3 is 1.73 bits per heavy atom. The highest BCUT2D eigenvalue weighted by Gasteiger charge is 2.22. The van der Waals surface area contributed by atoms with E-state index >= 15 is 0 Å². The smallest absolute Gasteiger partial charge is 0.0619 e. The minimum Gasteiger partial charge on any atom is -0.310 e. The van der Waals surface area contributed by atoms with Gasteiger partial charge in [0, 0.05) is 38.8 Å². The summed E-state index contributed by atoms with van der Waals surface area (Å²) < 4.78 is 2.49. The Labute approximate surface area is 360 Å². The third-order valence-electron chi connectivity index (χ3n) is 12.5. The first kappa shape index (κ1) is 35.7. The maximum atomic E-state index is 2.49. The molecule has 2 heteroatoms. The molecule has 0 fully saturated rings. The maximum absolute atomic E-state index is 2.49. The summed E-state index contributed by atoms with van der Waals surface area (Å²) >= 11 is 0. The van der Waals surface area contributed by atoms with E-state index in [9.17, 15) is 0 Å². The summed E-state index contributed by atoms with van der Waals surface area (Å²) in [5.41, 5.74) is 13.8. The Morgan fingerprint density at radius 2 is 0.887 bits per heavy atom. The SMILES string of the molecule is c1ccc(-c2cc(N(c3ccc(-c4ccc5ccccc5c4)cc3)c3ccccc3-c3cccc4ccccc34)cc(-n3c4ccccc4c4ccc5ccccc5c43)c2)cc1. The first-order valence-corrected chi connectivity index (χ1v) is 21.3. The summed E-state index contributed by atoms with van der Waals surface area (Å²) in [6.45, 7) is 0. The number of anilines is 3. The topological polar surface area (TPSA) is 8.17 Å². The van der Waals surface area contributed by atoms with Crippen LogP contribution < -0.4 is 4.90 Å². The van der Waals surface area contributed by atoms with Crippen molar-refractivity contribution in [2.24, 2.45) is 0 Å². The van der Waals surface area contributed by atoms with Crippen molar-refractivity contribution in [3.8, 4) is 39.1 Å². The van der Waals surface area contributed by atoms with E-state index in [4.69, 9.17) is 0 Å². The van der Waals surface area contributed by atoms with Crippen LogP contribution in [-0.2, 0) is 0 Å². The summed E-state index contributed by atoms with van der Waals surface area (Å²) in [6.07, 6.45) is 0. The van der Waals surface area contributed by atoms with E-state index in [2.05, 4.69) is 252 Å². The van der Waals surface area contributed by atoms with Crippen molar-refractivity contribution in [1.82, 2.24) is 4.57 Å². The first-order chi connectivity index (χ1) is 30.7. The van der Waals surface area contributed by atoms with Gasteiger partial charge in [-0.25, -0.2) is 0 Å². The molecule has 12 aromatic rings. The fourth-order valence-corrected chi connectivity index (χ4v) is 9.60. The summed E-state index contributed by atoms with van der Waals surface area (Å²) in [4.78, 5) is 2.46. The highest BCUT2D eigenvalue weighted by Crippen LogP contribution is 2.46. The largest absolute Gasteiger partial charge is 0.310 e. The number of nitrogens with zero attached hydrogens (tertiary/aromatic N) is 2. The van der Waals surface area contributed by atoms with Crippen molar-refractivity contribution in [3.63, 3.8) is 0 Å². The van der Waals surface area contributed by atoms with Crippen LogP contribution in [0.1, 0.15) is 0 Å². The molecule has 0 unspecified atom stereocenters. The molecule has 0 bridgehead atoms. The molecule has 0 aliphatic heterocycles. The van der Waals surface area contributed by atoms with Gasteiger partial charge in [0.2, 0.25) is 0 Å². The van der Waals surface area contributed by atoms with Crippen LogP contribution in [0.3, 0.4) is 0 Å². The number of aromatic nitrogens is 1. The Bertz CT molecular complexity index is 3630. The minimum absolute atomic E-state index is 1.07. The lowest BCUT2D eigenvalue weighted by molar-refractivity contribution is 1.17. The number of para-hydroxylation sites is 2. The molecule has 1 aromatic heterocycles. The third-order valence-corrected chi connectivity index (χ3v) is 12.5. The first-order valence-electron chi connectivity index (χ1n) is 21.3. The van der Waals surface area contributed by atoms with E-state index in [0.717, 1.165) is 39.4 Å². The van der Waals surface area contributed by atoms with E-state index < -0.39 is 0 Å². The second kappa shape index (κ2) is 14.8. The number of benzene rings is 11. The normalized spacial score (nSPS) is 11.5. The lowest BCUT2D eigenvalue weighted by Crippen LogP contribution is -2.12. The van der Waals surface area contributed by atoms with Crippen LogP contribution in [0.5, 0.6) is 0 Å². The van der Waals surface area contributed by atoms with E-state index in [-0.39, 0.29) is 0 Å². The van der Waals surface area contributed by atoms with Crippen molar-refractivity contribution in [2.75, 3.05) is 4.90 Å². The van der Waals surface area contributed by atoms with Crippen LogP contribution >= 0.6 is 0 Å². The molecule has 1 heterocycles. The summed E-state index contributed by atoms with van der Waals surface area (Å²) in [5, 5.41) is 9.87. The maximum Gasteiger partial charge on any atom is 0.0619 e. The predicted octanol–water partition coefficient (Wildman–Crippen LogP) is 16.7. The van der Waals surface area contributed by atoms with Gasteiger partial charge in [0.25, 0.3) is 0 Å². The van der Waals surface area contributed by atoms with Crippen LogP contribution in [0.2, 0.25) is 0 Å². The van der Waals surface area contributed by atoms with Gasteiger partial charge in [0.1, 0.15) is 0 Å². The summed E-state index contributed by atoms with van der Waals surface area (Å²) in [6, 6.07) is 88.7. The van der Waals surface area contributed by atoms with Crippen LogP contribution in [0.25, 0.3) is 93.2 Å². The zero-order chi connectivity index (χ0) is 41.0. The molecule has 0 saturated carbocycles. The monoisotopic (exact) mass is 788 g/mol. The Morgan fingerprint density at radius 1 is 0.290 bits per heavy atom. The fraction of sp³-hybridized carbons (Fsp3) is 0. The highest BCUT2D eigenvalue weighted by molar-refractivity contribution is 6.18. The standard InChI is InChI=1S/C60H40N2/c1-2-15-41(16-3-1)48-38-50(40-51(39-48)62-59-28-13-11-25-56(59)57-36-33-45-19-7-9-23-53(45)60(57)62)61(49-34-31-43(32-35-49)47-30-29-42-17-4-5-20-46(42)37-47)58-27-12-10-24-55(58)54-26-14-21-44-18-6-8-22-52(44)54/h1-40H. The van der Waals surface area contributed by atoms with Gasteiger partial charge in [0.05, 0.1) is 16.7 Å². The number of hydrogen-bond donors (Lipinski definition) is 0. The molecular weight excluding hydrogens is 749 g/mol. The average Bonchev–Trinajstić information content (AvgIpc) is 3.69. The molecule has 290 valence electrons. The van der Waals surface area contributed by atoms with Crippen LogP contribution in [0.4, 0.5) is 17.1 Å². The van der Waals surface area contributed by atoms with E-state index in [1.165, 1.54) is 70.8 Å². The zero-order valence-corrected chi connectivity index (χ0v) is 34.0. The van der Waals surface area contributed by atoms with Gasteiger partial charge in [-0.1, -0.05) is 194 Å². The molecule has 0 aliphatic rings. The van der Waals surface area contributed by atoms with Crippen molar-refractivity contribution in [3.05, 3.63) is 243 Å². The fourth-order valence-electron chi connectivity index (χ4n) is 9.60. The highest BCUT2D eigenvalue weighted by atomic mass is 15.1. The molecule has 0 atom stereocenters.